The average molecular weight is 552 g/mol. The molecule has 0 unspecified atom stereocenters. The summed E-state index contributed by atoms with van der Waals surface area (Å²) >= 11 is 0. The second kappa shape index (κ2) is 25.1. The predicted octanol–water partition coefficient (Wildman–Crippen LogP) is -0.926. The Morgan fingerprint density at radius 3 is 0.400 bits per heavy atom. The third kappa shape index (κ3) is 18.2. The maximum atomic E-state index is 0. The van der Waals surface area contributed by atoms with Crippen molar-refractivity contribution in [2.75, 3.05) is 0 Å². The molecule has 0 aromatic carbocycles. The van der Waals surface area contributed by atoms with Crippen LogP contribution in [0.5, 0.6) is 0 Å². The van der Waals surface area contributed by atoms with Gasteiger partial charge in [-0.15, -0.1) is 0 Å². The molecule has 0 N–H and O–H groups in total. The Kier molecular flexibility index (Phi) is 187. The van der Waals surface area contributed by atoms with Crippen molar-refractivity contribution in [1.29, 1.82) is 0 Å². The second-order valence-electron chi connectivity index (χ2n) is 0. The van der Waals surface area contributed by atoms with Crippen molar-refractivity contribution in [1.82, 2.24) is 0 Å². The maximum absolute atomic E-state index is 0. The van der Waals surface area contributed by atoms with Crippen LogP contribution in [0.4, 0.5) is 0 Å². The third-order valence-electron chi connectivity index (χ3n) is 0. The van der Waals surface area contributed by atoms with Crippen molar-refractivity contribution in [2.24, 2.45) is 0 Å². The third-order valence-corrected chi connectivity index (χ3v) is 0. The van der Waals surface area contributed by atoms with Crippen molar-refractivity contribution in [3.05, 3.63) is 0 Å². The molecule has 5 heavy (non-hydrogen) atoms. The van der Waals surface area contributed by atoms with E-state index in [1.54, 1.807) is 0 Å². The van der Waals surface area contributed by atoms with E-state index in [0.29, 0.717) is 0 Å². The van der Waals surface area contributed by atoms with Crippen LogP contribution in [0.15, 0.2) is 0 Å². The van der Waals surface area contributed by atoms with Crippen molar-refractivity contribution in [3.8, 4) is 0 Å². The summed E-state index contributed by atoms with van der Waals surface area (Å²) in [6, 6.07) is 0. The molecule has 0 aliphatic heterocycles. The summed E-state index contributed by atoms with van der Waals surface area (Å²) in [6.45, 7) is 0. The summed E-state index contributed by atoms with van der Waals surface area (Å²) in [4.78, 5) is 0. The molecule has 0 spiro atoms. The van der Waals surface area contributed by atoms with Gasteiger partial charge in [-0.3, -0.25) is 0 Å². The van der Waals surface area contributed by atoms with Crippen molar-refractivity contribution in [3.63, 3.8) is 0 Å². The minimum atomic E-state index is 0. The zero-order valence-corrected chi connectivity index (χ0v) is 11.9. The molecule has 0 fully saturated rings. The van der Waals surface area contributed by atoms with Crippen LogP contribution in [0.1, 0.15) is 0 Å². The van der Waals surface area contributed by atoms with Gasteiger partial charge in [-0.1, -0.05) is 0 Å². The van der Waals surface area contributed by atoms with E-state index in [0.717, 1.165) is 0 Å². The van der Waals surface area contributed by atoms with Gasteiger partial charge in [0.05, 0.1) is 0 Å². The van der Waals surface area contributed by atoms with Gasteiger partial charge in [0, 0.05) is 89.5 Å². The number of hydrogen-bond acceptors (Lipinski definition) is 0. The number of hydrogen-bond donors (Lipinski definition) is 0. The molecular formula is H2Ag4Sn. The van der Waals surface area contributed by atoms with Gasteiger partial charge in [-0.05, 0) is 0 Å². The molecule has 0 saturated carbocycles. The molecule has 0 atom stereocenters. The van der Waals surface area contributed by atoms with E-state index in [2.05, 4.69) is 0 Å². The van der Waals surface area contributed by atoms with Crippen LogP contribution < -0.4 is 0 Å². The quantitative estimate of drug-likeness (QED) is 0.342. The van der Waals surface area contributed by atoms with Gasteiger partial charge in [0.15, 0.2) is 0 Å². The molecule has 0 saturated heterocycles. The van der Waals surface area contributed by atoms with E-state index < -0.39 is 0 Å². The molecule has 0 heterocycles. The fourth-order valence-electron chi connectivity index (χ4n) is 0. The molecular weight excluding hydrogens is 550 g/mol. The fourth-order valence-corrected chi connectivity index (χ4v) is 0. The molecule has 0 aromatic rings. The van der Waals surface area contributed by atoms with Crippen molar-refractivity contribution < 1.29 is 89.5 Å². The van der Waals surface area contributed by atoms with E-state index in [1.165, 1.54) is 0 Å². The van der Waals surface area contributed by atoms with E-state index in [9.17, 15) is 0 Å². The molecule has 0 aromatic heterocycles. The van der Waals surface area contributed by atoms with Crippen LogP contribution in [0, 0.1) is 0 Å². The molecule has 0 rings (SSSR count). The first-order chi connectivity index (χ1) is 0. The van der Waals surface area contributed by atoms with Crippen LogP contribution in [0.3, 0.4) is 0 Å². The van der Waals surface area contributed by atoms with E-state index in [1.807, 2.05) is 0 Å². The Labute approximate surface area is 111 Å². The molecule has 0 aliphatic rings. The van der Waals surface area contributed by atoms with Crippen molar-refractivity contribution in [2.45, 2.75) is 0 Å². The summed E-state index contributed by atoms with van der Waals surface area (Å²) in [5.41, 5.74) is 0. The van der Waals surface area contributed by atoms with Gasteiger partial charge in [-0.25, -0.2) is 0 Å². The first-order valence-corrected chi connectivity index (χ1v) is 0. The molecule has 50 valence electrons. The zero-order valence-electron chi connectivity index (χ0n) is 1.91. The Bertz CT molecular complexity index is 3.61. The molecule has 5 heteroatoms. The monoisotopic (exact) mass is 550 g/mol. The van der Waals surface area contributed by atoms with E-state index in [-0.39, 0.29) is 113 Å². The first-order valence-electron chi connectivity index (χ1n) is 0. The molecule has 0 bridgehead atoms. The van der Waals surface area contributed by atoms with E-state index >= 15 is 0 Å². The Hall–Kier alpha value is 3.76. The summed E-state index contributed by atoms with van der Waals surface area (Å²) < 4.78 is 0. The summed E-state index contributed by atoms with van der Waals surface area (Å²) in [5, 5.41) is 0. The van der Waals surface area contributed by atoms with Crippen LogP contribution in [-0.4, -0.2) is 23.9 Å². The molecule has 0 amide bonds. The Morgan fingerprint density at radius 2 is 0.400 bits per heavy atom. The Morgan fingerprint density at radius 1 is 0.400 bits per heavy atom. The second-order valence-corrected chi connectivity index (χ2v) is 0. The topological polar surface area (TPSA) is 0 Å². The molecule has 0 aliphatic carbocycles. The van der Waals surface area contributed by atoms with Gasteiger partial charge in [0.1, 0.15) is 0 Å². The summed E-state index contributed by atoms with van der Waals surface area (Å²) in [5.74, 6) is 0. The van der Waals surface area contributed by atoms with Gasteiger partial charge in [0.2, 0.25) is 0 Å². The normalized spacial score (nSPS) is 0. The van der Waals surface area contributed by atoms with Crippen LogP contribution in [0.25, 0.3) is 0 Å². The van der Waals surface area contributed by atoms with Crippen molar-refractivity contribution >= 4 is 23.9 Å². The zero-order chi connectivity index (χ0) is 0. The minimum absolute atomic E-state index is 0. The van der Waals surface area contributed by atoms with Gasteiger partial charge < -0.3 is 0 Å². The number of rotatable bonds is 0. The predicted molar refractivity (Wildman–Crippen MR) is 8.54 cm³/mol. The van der Waals surface area contributed by atoms with Crippen LogP contribution in [-0.2, 0) is 89.5 Å². The van der Waals surface area contributed by atoms with E-state index in [4.69, 9.17) is 0 Å². The van der Waals surface area contributed by atoms with Gasteiger partial charge in [0.25, 0.3) is 0 Å². The van der Waals surface area contributed by atoms with Gasteiger partial charge >= 0.3 is 23.9 Å². The fraction of sp³-hybridized carbons (Fsp3) is 0. The first kappa shape index (κ1) is 37.3. The Balaban J connectivity index is 0. The molecule has 6 radical (unpaired) electrons. The SMILES string of the molecule is [Ag].[Ag].[Ag].[Ag].[SnH2]. The standard InChI is InChI=1S/4Ag.Sn.2H. The molecule has 0 nitrogen and oxygen atoms in total. The van der Waals surface area contributed by atoms with Crippen LogP contribution in [0.2, 0.25) is 0 Å². The summed E-state index contributed by atoms with van der Waals surface area (Å²) in [7, 11) is 0. The summed E-state index contributed by atoms with van der Waals surface area (Å²) in [6.07, 6.45) is 0. The van der Waals surface area contributed by atoms with Crippen LogP contribution >= 0.6 is 0 Å². The van der Waals surface area contributed by atoms with Gasteiger partial charge in [-0.2, -0.15) is 0 Å². The average Bonchev–Trinajstić information content (AvgIpc) is 0.